The van der Waals surface area contributed by atoms with Crippen molar-refractivity contribution in [1.29, 1.82) is 0 Å². The van der Waals surface area contributed by atoms with E-state index < -0.39 is 38.6 Å². The number of anilines is 1. The maximum Gasteiger partial charge on any atom is 0.345 e. The zero-order valence-corrected chi connectivity index (χ0v) is 18.4. The molecule has 12 heteroatoms. The summed E-state index contributed by atoms with van der Waals surface area (Å²) in [4.78, 5) is 34.9. The lowest BCUT2D eigenvalue weighted by Gasteiger charge is -2.14. The number of amides is 1. The second kappa shape index (κ2) is 9.86. The Kier molecular flexibility index (Phi) is 7.71. The number of sulfonamides is 1. The van der Waals surface area contributed by atoms with Crippen molar-refractivity contribution in [3.05, 3.63) is 63.2 Å². The average molecular weight is 470 g/mol. The van der Waals surface area contributed by atoms with Crippen molar-refractivity contribution >= 4 is 44.9 Å². The van der Waals surface area contributed by atoms with Gasteiger partial charge < -0.3 is 10.1 Å². The topological polar surface area (TPSA) is 145 Å². The van der Waals surface area contributed by atoms with Crippen molar-refractivity contribution < 1.29 is 27.7 Å². The highest BCUT2D eigenvalue weighted by Crippen LogP contribution is 2.24. The van der Waals surface area contributed by atoms with Crippen LogP contribution in [0.3, 0.4) is 0 Å². The predicted octanol–water partition coefficient (Wildman–Crippen LogP) is 3.12. The van der Waals surface area contributed by atoms with Gasteiger partial charge in [-0.2, -0.15) is 0 Å². The molecule has 2 N–H and O–H groups in total. The zero-order valence-electron chi connectivity index (χ0n) is 16.8. The number of benzene rings is 2. The zero-order chi connectivity index (χ0) is 23.3. The summed E-state index contributed by atoms with van der Waals surface area (Å²) in [7, 11) is -3.68. The van der Waals surface area contributed by atoms with Crippen LogP contribution in [0, 0.1) is 10.1 Å². The van der Waals surface area contributed by atoms with E-state index in [2.05, 4.69) is 10.0 Å². The molecule has 0 heterocycles. The summed E-state index contributed by atoms with van der Waals surface area (Å²) in [6.45, 7) is 4.67. The molecule has 0 aliphatic heterocycles. The van der Waals surface area contributed by atoms with Crippen molar-refractivity contribution in [2.75, 3.05) is 5.32 Å². The van der Waals surface area contributed by atoms with Gasteiger partial charge in [0.05, 0.1) is 9.82 Å². The van der Waals surface area contributed by atoms with Crippen LogP contribution >= 0.6 is 11.6 Å². The molecule has 0 aliphatic rings. The molecule has 0 bridgehead atoms. The minimum Gasteiger partial charge on any atom is -0.449 e. The number of rotatable bonds is 8. The molecular formula is C19H20ClN3O7S. The average Bonchev–Trinajstić information content (AvgIpc) is 2.67. The van der Waals surface area contributed by atoms with Crippen LogP contribution in [0.15, 0.2) is 47.4 Å². The number of carbonyl (C=O) groups excluding carboxylic acids is 2. The van der Waals surface area contributed by atoms with Crippen LogP contribution in [0.5, 0.6) is 0 Å². The molecule has 2 rings (SSSR count). The molecule has 1 atom stereocenters. The Labute approximate surface area is 183 Å². The third-order valence-electron chi connectivity index (χ3n) is 3.85. The van der Waals surface area contributed by atoms with Crippen LogP contribution in [0.1, 0.15) is 31.1 Å². The molecule has 1 unspecified atom stereocenters. The minimum atomic E-state index is -3.68. The smallest absolute Gasteiger partial charge is 0.345 e. The van der Waals surface area contributed by atoms with Gasteiger partial charge in [-0.1, -0.05) is 11.6 Å². The van der Waals surface area contributed by atoms with E-state index >= 15 is 0 Å². The highest BCUT2D eigenvalue weighted by atomic mass is 35.5. The second-order valence-electron chi connectivity index (χ2n) is 6.76. The molecule has 0 radical (unpaired) electrons. The number of hydrogen-bond donors (Lipinski definition) is 2. The molecule has 0 fully saturated rings. The molecule has 31 heavy (non-hydrogen) atoms. The van der Waals surface area contributed by atoms with Gasteiger partial charge in [-0.25, -0.2) is 17.9 Å². The molecule has 1 amide bonds. The lowest BCUT2D eigenvalue weighted by atomic mass is 10.2. The fraction of sp³-hybridized carbons (Fsp3) is 0.263. The van der Waals surface area contributed by atoms with E-state index in [1.165, 1.54) is 37.3 Å². The molecule has 10 nitrogen and oxygen atoms in total. The third-order valence-corrected chi connectivity index (χ3v) is 5.76. The van der Waals surface area contributed by atoms with Crippen LogP contribution in [-0.4, -0.2) is 37.4 Å². The van der Waals surface area contributed by atoms with E-state index in [1.807, 2.05) is 0 Å². The number of nitro groups is 1. The molecule has 0 aromatic heterocycles. The lowest BCUT2D eigenvalue weighted by Crippen LogP contribution is -2.31. The highest BCUT2D eigenvalue weighted by Gasteiger charge is 2.26. The largest absolute Gasteiger partial charge is 0.449 e. The number of ether oxygens (including phenoxy) is 1. The molecule has 0 saturated heterocycles. The maximum absolute atomic E-state index is 12.3. The van der Waals surface area contributed by atoms with Crippen LogP contribution in [0.2, 0.25) is 5.02 Å². The van der Waals surface area contributed by atoms with Crippen molar-refractivity contribution in [3.8, 4) is 0 Å². The van der Waals surface area contributed by atoms with Crippen LogP contribution in [0.4, 0.5) is 11.4 Å². The fourth-order valence-corrected chi connectivity index (χ4v) is 3.86. The monoisotopic (exact) mass is 469 g/mol. The first-order chi connectivity index (χ1) is 14.4. The van der Waals surface area contributed by atoms with E-state index in [9.17, 15) is 28.1 Å². The standard InChI is InChI=1S/C19H20ClN3O7S/c1-11(2)22-31(28,29)15-7-5-14(6-8-15)21-18(24)12(3)30-19(25)16-9-4-13(20)10-17(16)23(26)27/h4-12,22H,1-3H3,(H,21,24). The Morgan fingerprint density at radius 2 is 1.71 bits per heavy atom. The Bertz CT molecular complexity index is 1100. The van der Waals surface area contributed by atoms with E-state index in [1.54, 1.807) is 13.8 Å². The van der Waals surface area contributed by atoms with Crippen molar-refractivity contribution in [3.63, 3.8) is 0 Å². The number of nitrogens with zero attached hydrogens (tertiary/aromatic N) is 1. The summed E-state index contributed by atoms with van der Waals surface area (Å²) in [5, 5.41) is 13.7. The summed E-state index contributed by atoms with van der Waals surface area (Å²) in [6.07, 6.45) is -1.28. The first kappa shape index (κ1) is 24.3. The number of nitro benzene ring substituents is 1. The van der Waals surface area contributed by atoms with E-state index in [4.69, 9.17) is 16.3 Å². The van der Waals surface area contributed by atoms with Crippen molar-refractivity contribution in [2.45, 2.75) is 37.8 Å². The number of carbonyl (C=O) groups is 2. The predicted molar refractivity (Wildman–Crippen MR) is 114 cm³/mol. The Morgan fingerprint density at radius 3 is 2.26 bits per heavy atom. The van der Waals surface area contributed by atoms with Crippen LogP contribution < -0.4 is 10.0 Å². The van der Waals surface area contributed by atoms with E-state index in [0.29, 0.717) is 0 Å². The van der Waals surface area contributed by atoms with Crippen LogP contribution in [-0.2, 0) is 19.6 Å². The molecule has 0 saturated carbocycles. The van der Waals surface area contributed by atoms with Gasteiger partial charge in [0.1, 0.15) is 5.56 Å². The SMILES string of the molecule is CC(C)NS(=O)(=O)c1ccc(NC(=O)C(C)OC(=O)c2ccc(Cl)cc2[N+](=O)[O-])cc1. The Morgan fingerprint density at radius 1 is 1.10 bits per heavy atom. The van der Waals surface area contributed by atoms with Gasteiger partial charge in [-0.15, -0.1) is 0 Å². The Balaban J connectivity index is 2.06. The van der Waals surface area contributed by atoms with Gasteiger partial charge in [-0.3, -0.25) is 14.9 Å². The number of nitrogens with one attached hydrogen (secondary N) is 2. The van der Waals surface area contributed by atoms with Crippen molar-refractivity contribution in [2.24, 2.45) is 0 Å². The van der Waals surface area contributed by atoms with E-state index in [0.717, 1.165) is 12.1 Å². The number of halogens is 1. The Hall–Kier alpha value is -3.02. The van der Waals surface area contributed by atoms with Crippen molar-refractivity contribution in [1.82, 2.24) is 4.72 Å². The summed E-state index contributed by atoms with van der Waals surface area (Å²) in [6, 6.07) is 8.54. The quantitative estimate of drug-likeness (QED) is 0.343. The van der Waals surface area contributed by atoms with Crippen LogP contribution in [0.25, 0.3) is 0 Å². The summed E-state index contributed by atoms with van der Waals surface area (Å²) < 4.78 is 31.7. The number of hydrogen-bond acceptors (Lipinski definition) is 7. The third kappa shape index (κ3) is 6.48. The number of esters is 1. The van der Waals surface area contributed by atoms with E-state index in [-0.39, 0.29) is 27.2 Å². The molecule has 0 aliphatic carbocycles. The molecule has 2 aromatic rings. The first-order valence-corrected chi connectivity index (χ1v) is 10.8. The van der Waals surface area contributed by atoms with Gasteiger partial charge in [0.25, 0.3) is 11.6 Å². The molecule has 166 valence electrons. The first-order valence-electron chi connectivity index (χ1n) is 8.99. The molecular weight excluding hydrogens is 450 g/mol. The van der Waals surface area contributed by atoms with Gasteiger partial charge in [0.2, 0.25) is 10.0 Å². The summed E-state index contributed by atoms with van der Waals surface area (Å²) >= 11 is 5.71. The van der Waals surface area contributed by atoms with Gasteiger partial charge in [0.15, 0.2) is 6.10 Å². The molecule has 2 aromatic carbocycles. The maximum atomic E-state index is 12.3. The summed E-state index contributed by atoms with van der Waals surface area (Å²) in [5.74, 6) is -1.77. The highest BCUT2D eigenvalue weighted by molar-refractivity contribution is 7.89. The minimum absolute atomic E-state index is 0.0220. The second-order valence-corrected chi connectivity index (χ2v) is 8.91. The lowest BCUT2D eigenvalue weighted by molar-refractivity contribution is -0.385. The fourth-order valence-electron chi connectivity index (χ4n) is 2.45. The summed E-state index contributed by atoms with van der Waals surface area (Å²) in [5.41, 5.74) is -0.618. The van der Waals surface area contributed by atoms with Gasteiger partial charge >= 0.3 is 5.97 Å². The van der Waals surface area contributed by atoms with Gasteiger partial charge in [0, 0.05) is 22.8 Å². The normalized spacial score (nSPS) is 12.3. The van der Waals surface area contributed by atoms with Gasteiger partial charge in [-0.05, 0) is 57.2 Å². The molecule has 0 spiro atoms.